The van der Waals surface area contributed by atoms with E-state index in [0.717, 1.165) is 12.1 Å². The molecule has 1 aliphatic rings. The van der Waals surface area contributed by atoms with Crippen LogP contribution >= 0.6 is 0 Å². The molecule has 1 N–H and O–H groups in total. The standard InChI is InChI=1S/C19H15F2NO4/c20-13-7-8-15(14(21)11-13)24-10-4-3-9-22-19(23)18-12-25-16-5-1-2-6-17(16)26-18/h1-2,5-8,11,18H,9-10,12H2,(H,22,23). The molecule has 134 valence electrons. The number of halogens is 2. The van der Waals surface area contributed by atoms with Gasteiger partial charge in [0.2, 0.25) is 6.10 Å². The van der Waals surface area contributed by atoms with Crippen LogP contribution in [-0.4, -0.2) is 31.8 Å². The summed E-state index contributed by atoms with van der Waals surface area (Å²) in [7, 11) is 0. The van der Waals surface area contributed by atoms with E-state index < -0.39 is 17.7 Å². The number of amides is 1. The van der Waals surface area contributed by atoms with E-state index in [4.69, 9.17) is 14.2 Å². The van der Waals surface area contributed by atoms with Crippen molar-refractivity contribution in [2.45, 2.75) is 6.10 Å². The molecular formula is C19H15F2NO4. The Kier molecular flexibility index (Phi) is 5.54. The maximum atomic E-state index is 13.3. The Morgan fingerprint density at radius 3 is 2.81 bits per heavy atom. The van der Waals surface area contributed by atoms with Crippen molar-refractivity contribution in [1.29, 1.82) is 0 Å². The van der Waals surface area contributed by atoms with Crippen molar-refractivity contribution in [3.8, 4) is 29.1 Å². The van der Waals surface area contributed by atoms with Crippen molar-refractivity contribution in [2.75, 3.05) is 19.8 Å². The molecule has 0 saturated heterocycles. The summed E-state index contributed by atoms with van der Waals surface area (Å²) >= 11 is 0. The molecular weight excluding hydrogens is 344 g/mol. The van der Waals surface area contributed by atoms with Crippen LogP contribution in [0.15, 0.2) is 42.5 Å². The molecule has 0 spiro atoms. The second-order valence-corrected chi connectivity index (χ2v) is 5.30. The lowest BCUT2D eigenvalue weighted by Crippen LogP contribution is -2.44. The van der Waals surface area contributed by atoms with Crippen molar-refractivity contribution >= 4 is 5.91 Å². The molecule has 0 aromatic heterocycles. The number of rotatable bonds is 4. The minimum atomic E-state index is -0.796. The molecule has 7 heteroatoms. The predicted molar refractivity (Wildman–Crippen MR) is 89.0 cm³/mol. The Labute approximate surface area is 148 Å². The van der Waals surface area contributed by atoms with E-state index in [0.29, 0.717) is 11.5 Å². The van der Waals surface area contributed by atoms with Crippen LogP contribution in [0.4, 0.5) is 8.78 Å². The first-order valence-corrected chi connectivity index (χ1v) is 7.83. The maximum Gasteiger partial charge on any atom is 0.265 e. The lowest BCUT2D eigenvalue weighted by Gasteiger charge is -2.25. The van der Waals surface area contributed by atoms with Gasteiger partial charge in [-0.1, -0.05) is 24.0 Å². The number of carbonyl (C=O) groups is 1. The molecule has 0 fully saturated rings. The van der Waals surface area contributed by atoms with Crippen LogP contribution in [0.25, 0.3) is 0 Å². The molecule has 0 bridgehead atoms. The van der Waals surface area contributed by atoms with E-state index in [2.05, 4.69) is 17.2 Å². The fourth-order valence-corrected chi connectivity index (χ4v) is 2.21. The molecule has 2 aromatic rings. The second-order valence-electron chi connectivity index (χ2n) is 5.30. The Hall–Kier alpha value is -3.27. The van der Waals surface area contributed by atoms with Gasteiger partial charge >= 0.3 is 0 Å². The van der Waals surface area contributed by atoms with E-state index in [9.17, 15) is 13.6 Å². The van der Waals surface area contributed by atoms with Gasteiger partial charge in [0.25, 0.3) is 5.91 Å². The topological polar surface area (TPSA) is 56.8 Å². The Morgan fingerprint density at radius 2 is 2.00 bits per heavy atom. The first kappa shape index (κ1) is 17.5. The number of nitrogens with one attached hydrogen (secondary N) is 1. The van der Waals surface area contributed by atoms with Crippen LogP contribution in [0.2, 0.25) is 0 Å². The molecule has 0 saturated carbocycles. The molecule has 1 heterocycles. The molecule has 3 rings (SSSR count). The average molecular weight is 359 g/mol. The summed E-state index contributed by atoms with van der Waals surface area (Å²) in [4.78, 5) is 12.0. The quantitative estimate of drug-likeness (QED) is 0.852. The minimum absolute atomic E-state index is 0.0790. The molecule has 1 unspecified atom stereocenters. The van der Waals surface area contributed by atoms with Gasteiger partial charge < -0.3 is 19.5 Å². The highest BCUT2D eigenvalue weighted by molar-refractivity contribution is 5.82. The van der Waals surface area contributed by atoms with Gasteiger partial charge in [0.1, 0.15) is 19.0 Å². The fourth-order valence-electron chi connectivity index (χ4n) is 2.21. The van der Waals surface area contributed by atoms with Crippen LogP contribution in [0.3, 0.4) is 0 Å². The van der Waals surface area contributed by atoms with Crippen molar-refractivity contribution in [1.82, 2.24) is 5.32 Å². The number of benzene rings is 2. The lowest BCUT2D eigenvalue weighted by molar-refractivity contribution is -0.130. The first-order chi connectivity index (χ1) is 12.6. The third-order valence-corrected chi connectivity index (χ3v) is 3.47. The van der Waals surface area contributed by atoms with Gasteiger partial charge in [-0.15, -0.1) is 0 Å². The third kappa shape index (κ3) is 4.42. The summed E-state index contributed by atoms with van der Waals surface area (Å²) in [6.07, 6.45) is -0.753. The lowest BCUT2D eigenvalue weighted by atomic mass is 10.2. The largest absolute Gasteiger partial charge is 0.485 e. The third-order valence-electron chi connectivity index (χ3n) is 3.47. The van der Waals surface area contributed by atoms with E-state index in [-0.39, 0.29) is 31.4 Å². The van der Waals surface area contributed by atoms with Crippen molar-refractivity contribution in [3.63, 3.8) is 0 Å². The van der Waals surface area contributed by atoms with Crippen LogP contribution in [0.1, 0.15) is 0 Å². The van der Waals surface area contributed by atoms with Crippen LogP contribution in [-0.2, 0) is 4.79 Å². The summed E-state index contributed by atoms with van der Waals surface area (Å²) in [5.41, 5.74) is 0. The smallest absolute Gasteiger partial charge is 0.265 e. The van der Waals surface area contributed by atoms with E-state index in [1.54, 1.807) is 18.2 Å². The zero-order valence-corrected chi connectivity index (χ0v) is 13.6. The molecule has 26 heavy (non-hydrogen) atoms. The zero-order chi connectivity index (χ0) is 18.4. The number of carbonyl (C=O) groups excluding carboxylic acids is 1. The number of fused-ring (bicyclic) bond motifs is 1. The molecule has 1 amide bonds. The summed E-state index contributed by atoms with van der Waals surface area (Å²) in [5, 5.41) is 2.60. The van der Waals surface area contributed by atoms with Gasteiger partial charge in [0.05, 0.1) is 6.54 Å². The molecule has 2 aromatic carbocycles. The second kappa shape index (κ2) is 8.21. The van der Waals surface area contributed by atoms with Crippen molar-refractivity contribution in [3.05, 3.63) is 54.1 Å². The summed E-state index contributed by atoms with van der Waals surface area (Å²) in [6, 6.07) is 10.1. The molecule has 1 atom stereocenters. The summed E-state index contributed by atoms with van der Waals surface area (Å²) < 4.78 is 42.2. The van der Waals surface area contributed by atoms with Crippen LogP contribution in [0, 0.1) is 23.5 Å². The van der Waals surface area contributed by atoms with E-state index in [1.807, 2.05) is 6.07 Å². The number of ether oxygens (including phenoxy) is 3. The number of para-hydroxylation sites is 2. The molecule has 0 radical (unpaired) electrons. The van der Waals surface area contributed by atoms with Gasteiger partial charge in [0, 0.05) is 6.07 Å². The molecule has 1 aliphatic heterocycles. The Bertz CT molecular complexity index is 860. The highest BCUT2D eigenvalue weighted by atomic mass is 19.1. The van der Waals surface area contributed by atoms with E-state index in [1.165, 1.54) is 6.07 Å². The van der Waals surface area contributed by atoms with Gasteiger partial charge in [-0.2, -0.15) is 0 Å². The van der Waals surface area contributed by atoms with Gasteiger partial charge in [-0.3, -0.25) is 4.79 Å². The number of hydrogen-bond acceptors (Lipinski definition) is 4. The van der Waals surface area contributed by atoms with Crippen LogP contribution < -0.4 is 19.5 Å². The van der Waals surface area contributed by atoms with Crippen LogP contribution in [0.5, 0.6) is 17.2 Å². The number of hydrogen-bond donors (Lipinski definition) is 1. The minimum Gasteiger partial charge on any atom is -0.485 e. The fraction of sp³-hybridized carbons (Fsp3) is 0.211. The van der Waals surface area contributed by atoms with Crippen molar-refractivity contribution in [2.24, 2.45) is 0 Å². The SMILES string of the molecule is O=C(NCC#CCOc1ccc(F)cc1F)C1COc2ccccc2O1. The normalized spacial score (nSPS) is 14.8. The molecule has 0 aliphatic carbocycles. The van der Waals surface area contributed by atoms with Gasteiger partial charge in [-0.05, 0) is 24.3 Å². The van der Waals surface area contributed by atoms with Gasteiger partial charge in [-0.25, -0.2) is 8.78 Å². The van der Waals surface area contributed by atoms with E-state index >= 15 is 0 Å². The van der Waals surface area contributed by atoms with Gasteiger partial charge in [0.15, 0.2) is 23.1 Å². The Morgan fingerprint density at radius 1 is 1.19 bits per heavy atom. The maximum absolute atomic E-state index is 13.3. The van der Waals surface area contributed by atoms with Crippen molar-refractivity contribution < 1.29 is 27.8 Å². The highest BCUT2D eigenvalue weighted by Gasteiger charge is 2.26. The monoisotopic (exact) mass is 359 g/mol. The highest BCUT2D eigenvalue weighted by Crippen LogP contribution is 2.30. The summed E-state index contributed by atoms with van der Waals surface area (Å²) in [5.74, 6) is 4.51. The average Bonchev–Trinajstić information content (AvgIpc) is 2.65. The first-order valence-electron chi connectivity index (χ1n) is 7.83. The Balaban J connectivity index is 1.41. The predicted octanol–water partition coefficient (Wildman–Crippen LogP) is 2.30. The summed E-state index contributed by atoms with van der Waals surface area (Å²) in [6.45, 7) is 0.105. The molecule has 5 nitrogen and oxygen atoms in total. The zero-order valence-electron chi connectivity index (χ0n) is 13.6.